The second-order valence-corrected chi connectivity index (χ2v) is 15.3. The van der Waals surface area contributed by atoms with Gasteiger partial charge in [-0.1, -0.05) is 25.7 Å². The predicted molar refractivity (Wildman–Crippen MR) is 137 cm³/mol. The Hall–Kier alpha value is -4.30. The van der Waals surface area contributed by atoms with E-state index in [9.17, 15) is 38.4 Å². The molecule has 0 bridgehead atoms. The number of hydrogen-bond acceptors (Lipinski definition) is 9. The van der Waals surface area contributed by atoms with E-state index in [2.05, 4.69) is 4.98 Å². The van der Waals surface area contributed by atoms with Gasteiger partial charge in [0, 0.05) is 25.8 Å². The van der Waals surface area contributed by atoms with Crippen molar-refractivity contribution in [2.45, 2.75) is 38.2 Å². The van der Waals surface area contributed by atoms with Crippen molar-refractivity contribution >= 4 is 25.8 Å². The van der Waals surface area contributed by atoms with Crippen LogP contribution in [0.15, 0.2) is 47.3 Å². The molecule has 206 valence electrons. The van der Waals surface area contributed by atoms with Gasteiger partial charge in [-0.15, -0.1) is 0 Å². The number of nitrogens with zero attached hydrogens (tertiary/aromatic N) is 3. The summed E-state index contributed by atoms with van der Waals surface area (Å²) in [6.07, 6.45) is -2.71. The molecule has 0 aliphatic carbocycles. The molecule has 0 aliphatic rings. The van der Waals surface area contributed by atoms with E-state index in [-0.39, 0.29) is 23.4 Å². The van der Waals surface area contributed by atoms with Crippen molar-refractivity contribution in [1.29, 1.82) is 0 Å². The molecule has 1 aromatic heterocycles. The lowest BCUT2D eigenvalue weighted by Gasteiger charge is -2.22. The van der Waals surface area contributed by atoms with Crippen LogP contribution in [-0.4, -0.2) is 46.8 Å². The number of hydrogen-bond donors (Lipinski definition) is 1. The first-order chi connectivity index (χ1) is 18.2. The molecule has 14 heteroatoms. The second kappa shape index (κ2) is 11.6. The summed E-state index contributed by atoms with van der Waals surface area (Å²) in [5.41, 5.74) is -3.32. The van der Waals surface area contributed by atoms with Crippen molar-refractivity contribution < 1.29 is 37.9 Å². The summed E-state index contributed by atoms with van der Waals surface area (Å²) >= 11 is 0. The maximum Gasteiger partial charge on any atom is 0.428 e. The van der Waals surface area contributed by atoms with Crippen LogP contribution >= 0.6 is 0 Å². The number of nitro benzene ring substituents is 1. The first-order valence-corrected chi connectivity index (χ1v) is 15.3. The molecule has 0 aliphatic heterocycles. The number of carbonyl (C=O) groups excluding carboxylic acids is 2. The van der Waals surface area contributed by atoms with Crippen LogP contribution in [0.5, 0.6) is 5.75 Å². The van der Waals surface area contributed by atoms with Crippen molar-refractivity contribution in [2.24, 2.45) is 0 Å². The van der Waals surface area contributed by atoms with E-state index < -0.39 is 65.4 Å². The van der Waals surface area contributed by atoms with Crippen molar-refractivity contribution in [2.75, 3.05) is 7.11 Å². The molecule has 0 fully saturated rings. The average Bonchev–Trinajstić information content (AvgIpc) is 2.87. The molecule has 1 atom stereocenters. The van der Waals surface area contributed by atoms with Gasteiger partial charge in [0.15, 0.2) is 11.6 Å². The van der Waals surface area contributed by atoms with Gasteiger partial charge >= 0.3 is 17.8 Å². The number of non-ortho nitro benzene ring substituents is 1. The number of rotatable bonds is 8. The molecule has 1 unspecified atom stereocenters. The van der Waals surface area contributed by atoms with Gasteiger partial charge in [-0.3, -0.25) is 10.1 Å². The second-order valence-electron chi connectivity index (χ2n) is 9.69. The monoisotopic (exact) mass is 561 g/mol. The van der Waals surface area contributed by atoms with Gasteiger partial charge in [0.05, 0.1) is 29.5 Å². The predicted octanol–water partition coefficient (Wildman–Crippen LogP) is 4.69. The van der Waals surface area contributed by atoms with Crippen LogP contribution in [0.25, 0.3) is 11.3 Å². The minimum atomic E-state index is -1.69. The fourth-order valence-electron chi connectivity index (χ4n) is 3.66. The third-order valence-corrected chi connectivity index (χ3v) is 7.41. The van der Waals surface area contributed by atoms with Gasteiger partial charge in [-0.25, -0.2) is 23.2 Å². The van der Waals surface area contributed by atoms with E-state index in [1.165, 1.54) is 0 Å². The zero-order chi connectivity index (χ0) is 29.1. The molecule has 1 N–H and O–H groups in total. The van der Waals surface area contributed by atoms with Crippen LogP contribution < -0.4 is 10.4 Å². The minimum absolute atomic E-state index is 0.126. The Kier molecular flexibility index (Phi) is 8.71. The average molecular weight is 562 g/mol. The van der Waals surface area contributed by atoms with Gasteiger partial charge in [0.25, 0.3) is 5.69 Å². The molecule has 0 spiro atoms. The zero-order valence-corrected chi connectivity index (χ0v) is 22.4. The van der Waals surface area contributed by atoms with Crippen LogP contribution in [0.4, 0.5) is 19.3 Å². The van der Waals surface area contributed by atoms with Crippen LogP contribution in [-0.2, 0) is 4.74 Å². The zero-order valence-electron chi connectivity index (χ0n) is 21.4. The molecule has 39 heavy (non-hydrogen) atoms. The number of nitro groups is 1. The smallest absolute Gasteiger partial charge is 0.428 e. The molecule has 0 saturated carbocycles. The SMILES string of the molecule is COC(=O)c1c(C(O)CC[Si](C)(C)C)nc(=O)n(C(=O)Oc2ccc([N+](=O)[O-])cc2)c1-c1ccc(F)c(F)c1. The highest BCUT2D eigenvalue weighted by Crippen LogP contribution is 2.32. The van der Waals surface area contributed by atoms with E-state index in [4.69, 9.17) is 9.47 Å². The van der Waals surface area contributed by atoms with E-state index in [1.54, 1.807) is 0 Å². The van der Waals surface area contributed by atoms with Crippen molar-refractivity contribution in [3.63, 3.8) is 0 Å². The Labute approximate surface area is 221 Å². The minimum Gasteiger partial charge on any atom is -0.465 e. The maximum atomic E-state index is 14.3. The van der Waals surface area contributed by atoms with Crippen molar-refractivity contribution in [3.8, 4) is 17.0 Å². The van der Waals surface area contributed by atoms with E-state index in [0.717, 1.165) is 43.5 Å². The summed E-state index contributed by atoms with van der Waals surface area (Å²) in [6, 6.07) is 7.29. The Morgan fingerprint density at radius 1 is 1.13 bits per heavy atom. The molecular weight excluding hydrogens is 536 g/mol. The Balaban J connectivity index is 2.26. The molecule has 11 nitrogen and oxygen atoms in total. The molecule has 0 amide bonds. The summed E-state index contributed by atoms with van der Waals surface area (Å²) in [5.74, 6) is -3.89. The normalized spacial score (nSPS) is 12.1. The van der Waals surface area contributed by atoms with Crippen molar-refractivity contribution in [3.05, 3.63) is 86.0 Å². The summed E-state index contributed by atoms with van der Waals surface area (Å²) in [5, 5.41) is 21.8. The van der Waals surface area contributed by atoms with E-state index >= 15 is 0 Å². The number of ether oxygens (including phenoxy) is 2. The number of halogens is 2. The molecule has 3 rings (SSSR count). The standard InChI is InChI=1S/C25H25F2N3O8Si/c1-37-23(32)20-21(19(31)11-12-39(2,3)4)28-24(33)29(22(20)14-5-10-17(26)18(27)13-14)25(34)38-16-8-6-15(7-9-16)30(35)36/h5-10,13,19,31H,11-12H2,1-4H3. The lowest BCUT2D eigenvalue weighted by atomic mass is 10.00. The van der Waals surface area contributed by atoms with Crippen LogP contribution in [0.1, 0.15) is 28.6 Å². The highest BCUT2D eigenvalue weighted by atomic mass is 28.3. The Bertz CT molecular complexity index is 1490. The highest BCUT2D eigenvalue weighted by molar-refractivity contribution is 6.76. The molecule has 1 heterocycles. The Morgan fingerprint density at radius 3 is 2.31 bits per heavy atom. The number of carbonyl (C=O) groups is 2. The van der Waals surface area contributed by atoms with Crippen LogP contribution in [0.2, 0.25) is 25.7 Å². The summed E-state index contributed by atoms with van der Waals surface area (Å²) in [7, 11) is -0.675. The van der Waals surface area contributed by atoms with Crippen LogP contribution in [0.3, 0.4) is 0 Å². The Morgan fingerprint density at radius 2 is 1.77 bits per heavy atom. The number of aliphatic hydroxyl groups excluding tert-OH is 1. The van der Waals surface area contributed by atoms with Gasteiger partial charge < -0.3 is 14.6 Å². The topological polar surface area (TPSA) is 151 Å². The first kappa shape index (κ1) is 29.3. The number of esters is 1. The summed E-state index contributed by atoms with van der Waals surface area (Å²) in [6.45, 7) is 6.15. The fourth-order valence-corrected chi connectivity index (χ4v) is 4.80. The first-order valence-electron chi connectivity index (χ1n) is 11.6. The highest BCUT2D eigenvalue weighted by Gasteiger charge is 2.32. The number of aromatic nitrogens is 2. The molecular formula is C25H25F2N3O8Si. The third-order valence-electron chi connectivity index (χ3n) is 5.63. The number of benzene rings is 2. The van der Waals surface area contributed by atoms with Crippen molar-refractivity contribution in [1.82, 2.24) is 9.55 Å². The molecule has 0 radical (unpaired) electrons. The molecule has 3 aromatic rings. The molecule has 0 saturated heterocycles. The van der Waals surface area contributed by atoms with Gasteiger partial charge in [-0.2, -0.15) is 9.55 Å². The summed E-state index contributed by atoms with van der Waals surface area (Å²) in [4.78, 5) is 53.3. The maximum absolute atomic E-state index is 14.3. The van der Waals surface area contributed by atoms with Gasteiger partial charge in [0.1, 0.15) is 11.3 Å². The lowest BCUT2D eigenvalue weighted by Crippen LogP contribution is -2.36. The van der Waals surface area contributed by atoms with Gasteiger partial charge in [-0.05, 0) is 36.8 Å². The van der Waals surface area contributed by atoms with Gasteiger partial charge in [0.2, 0.25) is 0 Å². The lowest BCUT2D eigenvalue weighted by molar-refractivity contribution is -0.384. The fraction of sp³-hybridized carbons (Fsp3) is 0.280. The van der Waals surface area contributed by atoms with Crippen LogP contribution in [0, 0.1) is 21.7 Å². The number of aliphatic hydroxyl groups is 1. The molecule has 2 aromatic carbocycles. The third kappa shape index (κ3) is 6.77. The van der Waals surface area contributed by atoms with E-state index in [0.29, 0.717) is 16.7 Å². The van der Waals surface area contributed by atoms with E-state index in [1.807, 2.05) is 19.6 Å². The quantitative estimate of drug-likeness (QED) is 0.179. The largest absolute Gasteiger partial charge is 0.465 e. The summed E-state index contributed by atoms with van der Waals surface area (Å²) < 4.78 is 38.3. The number of methoxy groups -OCH3 is 1.